The second-order valence-electron chi connectivity index (χ2n) is 9.84. The van der Waals surface area contributed by atoms with E-state index < -0.39 is 15.9 Å². The number of likely N-dealkylation sites (tertiary alicyclic amines) is 1. The Labute approximate surface area is 214 Å². The van der Waals surface area contributed by atoms with Gasteiger partial charge in [-0.25, -0.2) is 12.7 Å². The molecule has 8 heteroatoms. The molecule has 4 rings (SSSR count). The molecule has 0 aromatic heterocycles. The normalized spacial score (nSPS) is 19.4. The zero-order valence-electron chi connectivity index (χ0n) is 20.9. The summed E-state index contributed by atoms with van der Waals surface area (Å²) in [5.41, 5.74) is 2.12. The number of amides is 2. The number of hydrogen-bond acceptors (Lipinski definition) is 4. The van der Waals surface area contributed by atoms with Crippen molar-refractivity contribution >= 4 is 27.5 Å². The average molecular weight is 512 g/mol. The van der Waals surface area contributed by atoms with Crippen molar-refractivity contribution in [1.29, 1.82) is 0 Å². The largest absolute Gasteiger partial charge is 0.339 e. The molecule has 0 bridgehead atoms. The highest BCUT2D eigenvalue weighted by atomic mass is 32.2. The van der Waals surface area contributed by atoms with Crippen molar-refractivity contribution in [3.8, 4) is 0 Å². The van der Waals surface area contributed by atoms with E-state index in [9.17, 15) is 18.0 Å². The van der Waals surface area contributed by atoms with Crippen LogP contribution in [0, 0.1) is 5.92 Å². The number of carbonyl (C=O) groups excluding carboxylic acids is 2. The molecule has 194 valence electrons. The van der Waals surface area contributed by atoms with Gasteiger partial charge in [-0.15, -0.1) is 0 Å². The molecule has 1 N–H and O–H groups in total. The standard InChI is InChI=1S/C28H37N3O4S/c32-27(29-26-17-7-6-16-25(26)28(33)30-18-8-1-2-9-19-30)24-15-10-20-31(22-24)36(34,35)21-11-14-23-12-4-3-5-13-23/h3-7,12-13,16-17,24H,1-2,8-11,14-15,18-22H2,(H,29,32)/t24-/m1/s1. The number of hydrogen-bond donors (Lipinski definition) is 1. The van der Waals surface area contributed by atoms with Crippen LogP contribution in [0.3, 0.4) is 0 Å². The number of piperidine rings is 1. The number of anilines is 1. The number of carbonyl (C=O) groups is 2. The molecule has 36 heavy (non-hydrogen) atoms. The third kappa shape index (κ3) is 6.95. The lowest BCUT2D eigenvalue weighted by molar-refractivity contribution is -0.120. The SMILES string of the molecule is O=C(Nc1ccccc1C(=O)N1CCCCCC1)[C@@H]1CCCN(S(=O)(=O)CCCc2ccccc2)C1. The van der Waals surface area contributed by atoms with Gasteiger partial charge >= 0.3 is 0 Å². The summed E-state index contributed by atoms with van der Waals surface area (Å²) >= 11 is 0. The molecule has 7 nitrogen and oxygen atoms in total. The molecule has 0 unspecified atom stereocenters. The summed E-state index contributed by atoms with van der Waals surface area (Å²) < 4.78 is 27.5. The van der Waals surface area contributed by atoms with Gasteiger partial charge in [-0.2, -0.15) is 0 Å². The van der Waals surface area contributed by atoms with Gasteiger partial charge in [-0.05, 0) is 56.2 Å². The highest BCUT2D eigenvalue weighted by molar-refractivity contribution is 7.89. The maximum atomic E-state index is 13.2. The van der Waals surface area contributed by atoms with Crippen LogP contribution in [-0.2, 0) is 21.2 Å². The van der Waals surface area contributed by atoms with Crippen LogP contribution in [0.1, 0.15) is 60.9 Å². The van der Waals surface area contributed by atoms with Crippen LogP contribution in [-0.4, -0.2) is 61.4 Å². The fourth-order valence-corrected chi connectivity index (χ4v) is 6.68. The van der Waals surface area contributed by atoms with Crippen LogP contribution in [0.5, 0.6) is 0 Å². The quantitative estimate of drug-likeness (QED) is 0.572. The molecule has 0 radical (unpaired) electrons. The summed E-state index contributed by atoms with van der Waals surface area (Å²) in [5.74, 6) is -0.651. The lowest BCUT2D eigenvalue weighted by Gasteiger charge is -2.31. The molecule has 2 heterocycles. The number of nitrogens with one attached hydrogen (secondary N) is 1. The Kier molecular flexibility index (Phi) is 9.15. The molecular formula is C28H37N3O4S. The zero-order valence-corrected chi connectivity index (χ0v) is 21.7. The Morgan fingerprint density at radius 3 is 2.31 bits per heavy atom. The van der Waals surface area contributed by atoms with Crippen molar-refractivity contribution in [2.75, 3.05) is 37.2 Å². The fourth-order valence-electron chi connectivity index (χ4n) is 5.10. The predicted octanol–water partition coefficient (Wildman–Crippen LogP) is 4.32. The van der Waals surface area contributed by atoms with Gasteiger partial charge in [0.2, 0.25) is 15.9 Å². The fraction of sp³-hybridized carbons (Fsp3) is 0.500. The maximum Gasteiger partial charge on any atom is 0.255 e. The molecule has 2 aliphatic rings. The van der Waals surface area contributed by atoms with E-state index in [-0.39, 0.29) is 24.1 Å². The van der Waals surface area contributed by atoms with Gasteiger partial charge < -0.3 is 10.2 Å². The minimum Gasteiger partial charge on any atom is -0.339 e. The van der Waals surface area contributed by atoms with E-state index in [2.05, 4.69) is 5.32 Å². The highest BCUT2D eigenvalue weighted by Crippen LogP contribution is 2.24. The second-order valence-corrected chi connectivity index (χ2v) is 11.9. The van der Waals surface area contributed by atoms with E-state index in [0.717, 1.165) is 44.3 Å². The summed E-state index contributed by atoms with van der Waals surface area (Å²) in [7, 11) is -3.44. The summed E-state index contributed by atoms with van der Waals surface area (Å²) in [4.78, 5) is 28.3. The first-order valence-corrected chi connectivity index (χ1v) is 14.8. The van der Waals surface area contributed by atoms with Gasteiger partial charge in [-0.3, -0.25) is 9.59 Å². The Bertz CT molecular complexity index is 1130. The Balaban J connectivity index is 1.36. The second kappa shape index (κ2) is 12.5. The lowest BCUT2D eigenvalue weighted by atomic mass is 9.98. The Morgan fingerprint density at radius 1 is 0.861 bits per heavy atom. The molecule has 0 spiro atoms. The van der Waals surface area contributed by atoms with E-state index in [1.807, 2.05) is 41.3 Å². The number of aryl methyl sites for hydroxylation is 1. The van der Waals surface area contributed by atoms with Gasteiger partial charge in [0.15, 0.2) is 0 Å². The summed E-state index contributed by atoms with van der Waals surface area (Å²) in [6.07, 6.45) is 6.79. The predicted molar refractivity (Wildman–Crippen MR) is 142 cm³/mol. The molecule has 2 fully saturated rings. The molecule has 0 saturated carbocycles. The molecule has 2 saturated heterocycles. The molecule has 2 aromatic rings. The number of para-hydroxylation sites is 1. The van der Waals surface area contributed by atoms with Gasteiger partial charge in [-0.1, -0.05) is 55.3 Å². The van der Waals surface area contributed by atoms with Gasteiger partial charge in [0.25, 0.3) is 5.91 Å². The third-order valence-corrected chi connectivity index (χ3v) is 9.09. The smallest absolute Gasteiger partial charge is 0.255 e. The van der Waals surface area contributed by atoms with E-state index in [1.165, 1.54) is 4.31 Å². The first-order chi connectivity index (χ1) is 17.4. The van der Waals surface area contributed by atoms with Crippen molar-refractivity contribution in [2.24, 2.45) is 5.92 Å². The first kappa shape index (κ1) is 26.4. The summed E-state index contributed by atoms with van der Waals surface area (Å²) in [6.45, 7) is 2.10. The van der Waals surface area contributed by atoms with Gasteiger partial charge in [0, 0.05) is 26.2 Å². The van der Waals surface area contributed by atoms with Crippen molar-refractivity contribution in [3.05, 3.63) is 65.7 Å². The van der Waals surface area contributed by atoms with Crippen LogP contribution >= 0.6 is 0 Å². The maximum absolute atomic E-state index is 13.2. The van der Waals surface area contributed by atoms with Crippen LogP contribution < -0.4 is 5.32 Å². The molecule has 0 aliphatic carbocycles. The number of nitrogens with zero attached hydrogens (tertiary/aromatic N) is 2. The van der Waals surface area contributed by atoms with E-state index in [4.69, 9.17) is 0 Å². The van der Waals surface area contributed by atoms with Crippen molar-refractivity contribution in [1.82, 2.24) is 9.21 Å². The van der Waals surface area contributed by atoms with Gasteiger partial charge in [0.1, 0.15) is 0 Å². The first-order valence-electron chi connectivity index (χ1n) is 13.1. The van der Waals surface area contributed by atoms with E-state index in [1.54, 1.807) is 18.2 Å². The monoisotopic (exact) mass is 511 g/mol. The Morgan fingerprint density at radius 2 is 1.56 bits per heavy atom. The topological polar surface area (TPSA) is 86.8 Å². The third-order valence-electron chi connectivity index (χ3n) is 7.17. The van der Waals surface area contributed by atoms with Crippen molar-refractivity contribution in [2.45, 2.75) is 51.4 Å². The Hall–Kier alpha value is -2.71. The zero-order chi connectivity index (χ0) is 25.4. The van der Waals surface area contributed by atoms with Crippen molar-refractivity contribution < 1.29 is 18.0 Å². The average Bonchev–Trinajstić information content (AvgIpc) is 3.19. The van der Waals surface area contributed by atoms with Crippen LogP contribution in [0.15, 0.2) is 54.6 Å². The van der Waals surface area contributed by atoms with Crippen LogP contribution in [0.2, 0.25) is 0 Å². The number of benzene rings is 2. The van der Waals surface area contributed by atoms with Crippen LogP contribution in [0.4, 0.5) is 5.69 Å². The molecule has 2 amide bonds. The number of sulfonamides is 1. The summed E-state index contributed by atoms with van der Waals surface area (Å²) in [5, 5.41) is 2.94. The van der Waals surface area contributed by atoms with Gasteiger partial charge in [0.05, 0.1) is 22.9 Å². The molecule has 2 aliphatic heterocycles. The molecule has 2 aromatic carbocycles. The highest BCUT2D eigenvalue weighted by Gasteiger charge is 2.32. The van der Waals surface area contributed by atoms with Crippen molar-refractivity contribution in [3.63, 3.8) is 0 Å². The molecule has 1 atom stereocenters. The molecular weight excluding hydrogens is 474 g/mol. The summed E-state index contributed by atoms with van der Waals surface area (Å²) in [6, 6.07) is 17.0. The van der Waals surface area contributed by atoms with Crippen LogP contribution in [0.25, 0.3) is 0 Å². The van der Waals surface area contributed by atoms with E-state index in [0.29, 0.717) is 43.5 Å². The minimum absolute atomic E-state index is 0.0564. The number of rotatable bonds is 8. The lowest BCUT2D eigenvalue weighted by Crippen LogP contribution is -2.44. The van der Waals surface area contributed by atoms with E-state index >= 15 is 0 Å². The minimum atomic E-state index is -3.44.